The largest absolute Gasteiger partial charge is 0.491 e. The first-order valence-electron chi connectivity index (χ1n) is 8.09. The zero-order chi connectivity index (χ0) is 17.8. The highest BCUT2D eigenvalue weighted by Crippen LogP contribution is 2.38. The zero-order valence-electron chi connectivity index (χ0n) is 14.3. The van der Waals surface area contributed by atoms with E-state index < -0.39 is 0 Å². The van der Waals surface area contributed by atoms with Gasteiger partial charge in [0.15, 0.2) is 11.5 Å². The summed E-state index contributed by atoms with van der Waals surface area (Å²) in [6, 6.07) is 11.1. The summed E-state index contributed by atoms with van der Waals surface area (Å²) in [5.74, 6) is 1.68. The van der Waals surface area contributed by atoms with Gasteiger partial charge in [-0.15, -0.1) is 0 Å². The number of aryl methyl sites for hydroxylation is 1. The van der Waals surface area contributed by atoms with Gasteiger partial charge in [0.25, 0.3) is 5.91 Å². The quantitative estimate of drug-likeness (QED) is 0.816. The molecule has 1 aliphatic heterocycles. The standard InChI is InChI=1S/C19H20ClNO4/c1-13-5-3-4-6-16(13)23-8-7-21(2)19(22)14-11-15(20)18-17(12-14)24-9-10-25-18/h3-6,11-12H,7-10H2,1-2H3. The molecule has 25 heavy (non-hydrogen) atoms. The maximum Gasteiger partial charge on any atom is 0.253 e. The Labute approximate surface area is 152 Å². The second kappa shape index (κ2) is 7.66. The fraction of sp³-hybridized carbons (Fsp3) is 0.316. The Hall–Kier alpha value is -2.40. The normalized spacial score (nSPS) is 12.6. The van der Waals surface area contributed by atoms with Crippen LogP contribution < -0.4 is 14.2 Å². The molecule has 2 aromatic carbocycles. The van der Waals surface area contributed by atoms with Gasteiger partial charge in [-0.3, -0.25) is 4.79 Å². The van der Waals surface area contributed by atoms with E-state index >= 15 is 0 Å². The number of nitrogens with zero attached hydrogens (tertiary/aromatic N) is 1. The molecule has 0 fully saturated rings. The molecule has 6 heteroatoms. The maximum atomic E-state index is 12.6. The predicted octanol–water partition coefficient (Wildman–Crippen LogP) is 3.57. The molecule has 0 bridgehead atoms. The number of halogens is 1. The maximum absolute atomic E-state index is 12.6. The summed E-state index contributed by atoms with van der Waals surface area (Å²) in [6.07, 6.45) is 0. The van der Waals surface area contributed by atoms with E-state index in [2.05, 4.69) is 0 Å². The Bertz CT molecular complexity index is 778. The SMILES string of the molecule is Cc1ccccc1OCCN(C)C(=O)c1cc(Cl)c2c(c1)OCCO2. The molecule has 2 aromatic rings. The number of hydrogen-bond donors (Lipinski definition) is 0. The number of carbonyl (C=O) groups is 1. The van der Waals surface area contributed by atoms with Crippen molar-refractivity contribution in [3.05, 3.63) is 52.5 Å². The van der Waals surface area contributed by atoms with Crippen LogP contribution in [-0.4, -0.2) is 44.2 Å². The van der Waals surface area contributed by atoms with Crippen LogP contribution in [0.3, 0.4) is 0 Å². The van der Waals surface area contributed by atoms with Crippen molar-refractivity contribution in [2.45, 2.75) is 6.92 Å². The molecule has 3 rings (SSSR count). The van der Waals surface area contributed by atoms with Crippen LogP contribution >= 0.6 is 11.6 Å². The fourth-order valence-corrected chi connectivity index (χ4v) is 2.83. The van der Waals surface area contributed by atoms with Crippen molar-refractivity contribution in [2.24, 2.45) is 0 Å². The van der Waals surface area contributed by atoms with Crippen LogP contribution in [0.2, 0.25) is 5.02 Å². The first-order valence-corrected chi connectivity index (χ1v) is 8.47. The van der Waals surface area contributed by atoms with Gasteiger partial charge in [-0.1, -0.05) is 29.8 Å². The molecule has 1 amide bonds. The summed E-state index contributed by atoms with van der Waals surface area (Å²) in [7, 11) is 1.73. The van der Waals surface area contributed by atoms with Crippen molar-refractivity contribution in [3.8, 4) is 17.2 Å². The van der Waals surface area contributed by atoms with Crippen molar-refractivity contribution >= 4 is 17.5 Å². The molecule has 0 spiro atoms. The van der Waals surface area contributed by atoms with Crippen LogP contribution in [0.25, 0.3) is 0 Å². The van der Waals surface area contributed by atoms with Crippen LogP contribution in [0.15, 0.2) is 36.4 Å². The highest BCUT2D eigenvalue weighted by atomic mass is 35.5. The molecule has 0 aliphatic carbocycles. The van der Waals surface area contributed by atoms with Gasteiger partial charge < -0.3 is 19.1 Å². The summed E-state index contributed by atoms with van der Waals surface area (Å²) < 4.78 is 16.7. The number of likely N-dealkylation sites (N-methyl/N-ethyl adjacent to an activating group) is 1. The highest BCUT2D eigenvalue weighted by molar-refractivity contribution is 6.32. The number of carbonyl (C=O) groups excluding carboxylic acids is 1. The van der Waals surface area contributed by atoms with E-state index in [9.17, 15) is 4.79 Å². The number of ether oxygens (including phenoxy) is 3. The van der Waals surface area contributed by atoms with E-state index in [0.29, 0.717) is 48.5 Å². The van der Waals surface area contributed by atoms with Gasteiger partial charge in [0, 0.05) is 12.6 Å². The van der Waals surface area contributed by atoms with Crippen LogP contribution in [0.5, 0.6) is 17.2 Å². The third-order valence-corrected chi connectivity index (χ3v) is 4.25. The molecule has 1 aliphatic rings. The van der Waals surface area contributed by atoms with Gasteiger partial charge in [0.05, 0.1) is 11.6 Å². The summed E-state index contributed by atoms with van der Waals surface area (Å²) in [6.45, 7) is 3.75. The minimum atomic E-state index is -0.146. The Morgan fingerprint density at radius 2 is 2.00 bits per heavy atom. The first-order chi connectivity index (χ1) is 12.1. The van der Waals surface area contributed by atoms with Gasteiger partial charge in [-0.25, -0.2) is 0 Å². The molecule has 0 aromatic heterocycles. The molecular weight excluding hydrogens is 342 g/mol. The van der Waals surface area contributed by atoms with Crippen molar-refractivity contribution in [1.29, 1.82) is 0 Å². The third kappa shape index (κ3) is 3.99. The van der Waals surface area contributed by atoms with Gasteiger partial charge in [-0.05, 0) is 30.7 Å². The van der Waals surface area contributed by atoms with E-state index in [1.165, 1.54) is 0 Å². The van der Waals surface area contributed by atoms with E-state index in [-0.39, 0.29) is 5.91 Å². The van der Waals surface area contributed by atoms with Gasteiger partial charge >= 0.3 is 0 Å². The Morgan fingerprint density at radius 1 is 1.24 bits per heavy atom. The van der Waals surface area contributed by atoms with Gasteiger partial charge in [0.1, 0.15) is 25.6 Å². The number of amides is 1. The summed E-state index contributed by atoms with van der Waals surface area (Å²) in [4.78, 5) is 14.2. The number of rotatable bonds is 5. The topological polar surface area (TPSA) is 48.0 Å². The molecule has 0 unspecified atom stereocenters. The Kier molecular flexibility index (Phi) is 5.34. The van der Waals surface area contributed by atoms with Crippen molar-refractivity contribution in [1.82, 2.24) is 4.90 Å². The van der Waals surface area contributed by atoms with Gasteiger partial charge in [0.2, 0.25) is 0 Å². The number of benzene rings is 2. The van der Waals surface area contributed by atoms with Crippen molar-refractivity contribution in [2.75, 3.05) is 33.4 Å². The van der Waals surface area contributed by atoms with E-state index in [1.807, 2.05) is 31.2 Å². The second-order valence-electron chi connectivity index (χ2n) is 5.82. The molecule has 0 N–H and O–H groups in total. The first kappa shape index (κ1) is 17.4. The predicted molar refractivity (Wildman–Crippen MR) is 96.1 cm³/mol. The third-order valence-electron chi connectivity index (χ3n) is 3.97. The lowest BCUT2D eigenvalue weighted by Gasteiger charge is -2.22. The average Bonchev–Trinajstić information content (AvgIpc) is 2.62. The summed E-state index contributed by atoms with van der Waals surface area (Å²) in [5, 5.41) is 0.380. The van der Waals surface area contributed by atoms with E-state index in [1.54, 1.807) is 24.1 Å². The van der Waals surface area contributed by atoms with Crippen LogP contribution in [0.1, 0.15) is 15.9 Å². The lowest BCUT2D eigenvalue weighted by Crippen LogP contribution is -2.31. The fourth-order valence-electron chi connectivity index (χ4n) is 2.57. The monoisotopic (exact) mass is 361 g/mol. The molecule has 0 saturated carbocycles. The Morgan fingerprint density at radius 3 is 2.80 bits per heavy atom. The molecule has 0 atom stereocenters. The van der Waals surface area contributed by atoms with Crippen LogP contribution in [0, 0.1) is 6.92 Å². The summed E-state index contributed by atoms with van der Waals surface area (Å²) >= 11 is 6.20. The minimum Gasteiger partial charge on any atom is -0.491 e. The molecule has 0 saturated heterocycles. The van der Waals surface area contributed by atoms with Crippen molar-refractivity contribution < 1.29 is 19.0 Å². The highest BCUT2D eigenvalue weighted by Gasteiger charge is 2.21. The number of hydrogen-bond acceptors (Lipinski definition) is 4. The molecule has 1 heterocycles. The molecule has 5 nitrogen and oxygen atoms in total. The molecule has 0 radical (unpaired) electrons. The lowest BCUT2D eigenvalue weighted by molar-refractivity contribution is 0.0772. The minimum absolute atomic E-state index is 0.146. The van der Waals surface area contributed by atoms with E-state index in [0.717, 1.165) is 11.3 Å². The zero-order valence-corrected chi connectivity index (χ0v) is 15.0. The van der Waals surface area contributed by atoms with Crippen LogP contribution in [0.4, 0.5) is 0 Å². The average molecular weight is 362 g/mol. The van der Waals surface area contributed by atoms with E-state index in [4.69, 9.17) is 25.8 Å². The molecular formula is C19H20ClNO4. The van der Waals surface area contributed by atoms with Crippen LogP contribution in [-0.2, 0) is 0 Å². The molecule has 132 valence electrons. The smallest absolute Gasteiger partial charge is 0.253 e. The summed E-state index contributed by atoms with van der Waals surface area (Å²) in [5.41, 5.74) is 1.53. The van der Waals surface area contributed by atoms with Crippen molar-refractivity contribution in [3.63, 3.8) is 0 Å². The number of para-hydroxylation sites is 1. The van der Waals surface area contributed by atoms with Gasteiger partial charge in [-0.2, -0.15) is 0 Å². The number of fused-ring (bicyclic) bond motifs is 1. The lowest BCUT2D eigenvalue weighted by atomic mass is 10.1. The second-order valence-corrected chi connectivity index (χ2v) is 6.23. The Balaban J connectivity index is 1.62.